The van der Waals surface area contributed by atoms with Crippen LogP contribution in [-0.2, 0) is 0 Å². The number of methoxy groups -OCH3 is 1. The summed E-state index contributed by atoms with van der Waals surface area (Å²) in [5.74, 6) is 0.568. The molecule has 5 rings (SSSR count). The second-order valence-corrected chi connectivity index (χ2v) is 7.76. The van der Waals surface area contributed by atoms with Crippen LogP contribution in [0.15, 0.2) is 73.0 Å². The first-order valence-electron chi connectivity index (χ1n) is 9.32. The summed E-state index contributed by atoms with van der Waals surface area (Å²) in [6, 6.07) is 14.5. The highest BCUT2D eigenvalue weighted by molar-refractivity contribution is 6.31. The molecule has 0 N–H and O–H groups in total. The molecular formula is C23H12Cl2N2O5. The molecule has 0 radical (unpaired) electrons. The Hall–Kier alpha value is -3.68. The maximum Gasteiger partial charge on any atom is 0.347 e. The van der Waals surface area contributed by atoms with Gasteiger partial charge in [-0.2, -0.15) is 0 Å². The number of nitrogens with zero attached hydrogens (tertiary/aromatic N) is 2. The third-order valence-electron chi connectivity index (χ3n) is 4.82. The van der Waals surface area contributed by atoms with Gasteiger partial charge in [0.15, 0.2) is 0 Å². The third-order valence-corrected chi connectivity index (χ3v) is 5.29. The van der Waals surface area contributed by atoms with Gasteiger partial charge in [-0.1, -0.05) is 23.2 Å². The van der Waals surface area contributed by atoms with E-state index < -0.39 is 11.3 Å². The van der Waals surface area contributed by atoms with Crippen LogP contribution in [0.1, 0.15) is 0 Å². The lowest BCUT2D eigenvalue weighted by Crippen LogP contribution is -2.04. The quantitative estimate of drug-likeness (QED) is 0.354. The van der Waals surface area contributed by atoms with Crippen molar-refractivity contribution in [3.05, 3.63) is 85.5 Å². The molecule has 0 bridgehead atoms. The lowest BCUT2D eigenvalue weighted by Gasteiger charge is -2.08. The van der Waals surface area contributed by atoms with Crippen molar-refractivity contribution in [3.8, 4) is 28.7 Å². The van der Waals surface area contributed by atoms with E-state index in [1.165, 1.54) is 19.2 Å². The monoisotopic (exact) mass is 466 g/mol. The zero-order valence-electron chi connectivity index (χ0n) is 16.4. The Morgan fingerprint density at radius 1 is 0.719 bits per heavy atom. The SMILES string of the molecule is COc1cc(-c2nc3ccc(Cl)cc3c(=O)o2)cc(-c2nc3ccc(Cl)cc3c(=O)o2)c1. The first-order valence-corrected chi connectivity index (χ1v) is 10.1. The molecule has 2 aromatic heterocycles. The molecular weight excluding hydrogens is 455 g/mol. The smallest absolute Gasteiger partial charge is 0.347 e. The minimum atomic E-state index is -0.580. The zero-order chi connectivity index (χ0) is 22.4. The normalized spacial score (nSPS) is 11.2. The fourth-order valence-corrected chi connectivity index (χ4v) is 3.64. The average Bonchev–Trinajstić information content (AvgIpc) is 2.79. The van der Waals surface area contributed by atoms with E-state index >= 15 is 0 Å². The maximum atomic E-state index is 12.5. The summed E-state index contributed by atoms with van der Waals surface area (Å²) in [4.78, 5) is 33.8. The van der Waals surface area contributed by atoms with E-state index in [1.54, 1.807) is 42.5 Å². The number of hydrogen-bond donors (Lipinski definition) is 0. The highest BCUT2D eigenvalue weighted by Crippen LogP contribution is 2.31. The van der Waals surface area contributed by atoms with Crippen molar-refractivity contribution in [2.24, 2.45) is 0 Å². The van der Waals surface area contributed by atoms with E-state index in [0.717, 1.165) is 0 Å². The standard InChI is InChI=1S/C23H12Cl2N2O5/c1-30-15-7-11(20-26-18-4-2-13(24)9-16(18)22(28)31-20)6-12(8-15)21-27-19-5-3-14(25)10-17(19)23(29)32-21/h2-10H,1H3. The summed E-state index contributed by atoms with van der Waals surface area (Å²) >= 11 is 11.9. The molecule has 0 aliphatic heterocycles. The van der Waals surface area contributed by atoms with Crippen LogP contribution >= 0.6 is 23.2 Å². The van der Waals surface area contributed by atoms with Crippen LogP contribution in [-0.4, -0.2) is 17.1 Å². The Bertz CT molecular complexity index is 1520. The van der Waals surface area contributed by atoms with Crippen LogP contribution in [0.3, 0.4) is 0 Å². The van der Waals surface area contributed by atoms with Gasteiger partial charge in [-0.05, 0) is 54.6 Å². The zero-order valence-corrected chi connectivity index (χ0v) is 17.9. The number of hydrogen-bond acceptors (Lipinski definition) is 7. The largest absolute Gasteiger partial charge is 0.497 e. The lowest BCUT2D eigenvalue weighted by molar-refractivity contribution is 0.414. The highest BCUT2D eigenvalue weighted by atomic mass is 35.5. The molecule has 0 aliphatic carbocycles. The number of aromatic nitrogens is 2. The molecule has 0 saturated carbocycles. The number of ether oxygens (including phenoxy) is 1. The minimum absolute atomic E-state index is 0.0693. The van der Waals surface area contributed by atoms with Gasteiger partial charge in [0.05, 0.1) is 28.9 Å². The second kappa shape index (κ2) is 7.78. The summed E-state index contributed by atoms with van der Waals surface area (Å²) in [7, 11) is 1.49. The van der Waals surface area contributed by atoms with E-state index in [0.29, 0.717) is 38.0 Å². The van der Waals surface area contributed by atoms with Gasteiger partial charge in [0.2, 0.25) is 11.8 Å². The number of halogens is 2. The molecule has 158 valence electrons. The maximum absolute atomic E-state index is 12.5. The van der Waals surface area contributed by atoms with Crippen LogP contribution in [0.5, 0.6) is 5.75 Å². The first kappa shape index (κ1) is 20.2. The fraction of sp³-hybridized carbons (Fsp3) is 0.0435. The van der Waals surface area contributed by atoms with Crippen LogP contribution in [0.4, 0.5) is 0 Å². The molecule has 0 aliphatic rings. The molecule has 2 heterocycles. The molecule has 7 nitrogen and oxygen atoms in total. The molecule has 0 fully saturated rings. The Balaban J connectivity index is 1.70. The predicted octanol–water partition coefficient (Wildman–Crippen LogP) is 5.34. The Labute approximate surface area is 189 Å². The van der Waals surface area contributed by atoms with Crippen LogP contribution in [0, 0.1) is 0 Å². The van der Waals surface area contributed by atoms with E-state index in [4.69, 9.17) is 36.8 Å². The molecule has 0 spiro atoms. The van der Waals surface area contributed by atoms with Crippen LogP contribution in [0.2, 0.25) is 10.0 Å². The molecule has 5 aromatic rings. The Morgan fingerprint density at radius 2 is 1.19 bits per heavy atom. The van der Waals surface area contributed by atoms with Crippen molar-refractivity contribution in [2.75, 3.05) is 7.11 Å². The molecule has 32 heavy (non-hydrogen) atoms. The van der Waals surface area contributed by atoms with Gasteiger partial charge in [0.25, 0.3) is 0 Å². The molecule has 0 atom stereocenters. The van der Waals surface area contributed by atoms with Crippen molar-refractivity contribution < 1.29 is 13.6 Å². The average molecular weight is 467 g/mol. The number of benzene rings is 3. The van der Waals surface area contributed by atoms with E-state index in [9.17, 15) is 9.59 Å². The van der Waals surface area contributed by atoms with E-state index in [1.807, 2.05) is 0 Å². The van der Waals surface area contributed by atoms with Crippen molar-refractivity contribution in [3.63, 3.8) is 0 Å². The van der Waals surface area contributed by atoms with Gasteiger partial charge in [0.1, 0.15) is 5.75 Å². The van der Waals surface area contributed by atoms with Crippen LogP contribution in [0.25, 0.3) is 44.7 Å². The summed E-state index contributed by atoms with van der Waals surface area (Å²) in [6.45, 7) is 0. The molecule has 3 aromatic carbocycles. The van der Waals surface area contributed by atoms with Gasteiger partial charge < -0.3 is 13.6 Å². The summed E-state index contributed by atoms with van der Waals surface area (Å²) in [5.41, 5.74) is 0.575. The van der Waals surface area contributed by atoms with Crippen molar-refractivity contribution in [2.45, 2.75) is 0 Å². The molecule has 0 saturated heterocycles. The van der Waals surface area contributed by atoms with Gasteiger partial charge in [0, 0.05) is 21.2 Å². The fourth-order valence-electron chi connectivity index (χ4n) is 3.30. The molecule has 0 amide bonds. The molecule has 0 unspecified atom stereocenters. The first-order chi connectivity index (χ1) is 15.4. The minimum Gasteiger partial charge on any atom is -0.497 e. The predicted molar refractivity (Wildman–Crippen MR) is 122 cm³/mol. The van der Waals surface area contributed by atoms with Crippen molar-refractivity contribution in [1.29, 1.82) is 0 Å². The molecule has 9 heteroatoms. The van der Waals surface area contributed by atoms with Gasteiger partial charge in [-0.25, -0.2) is 19.6 Å². The lowest BCUT2D eigenvalue weighted by atomic mass is 10.1. The van der Waals surface area contributed by atoms with Crippen molar-refractivity contribution in [1.82, 2.24) is 9.97 Å². The topological polar surface area (TPSA) is 95.4 Å². The van der Waals surface area contributed by atoms with Crippen molar-refractivity contribution >= 4 is 45.0 Å². The Morgan fingerprint density at radius 3 is 1.62 bits per heavy atom. The van der Waals surface area contributed by atoms with Gasteiger partial charge in [-0.3, -0.25) is 0 Å². The summed E-state index contributed by atoms with van der Waals surface area (Å²) < 4.78 is 16.2. The number of fused-ring (bicyclic) bond motifs is 2. The Kier molecular flexibility index (Phi) is 4.92. The van der Waals surface area contributed by atoms with Crippen LogP contribution < -0.4 is 16.0 Å². The van der Waals surface area contributed by atoms with Gasteiger partial charge in [-0.15, -0.1) is 0 Å². The summed E-state index contributed by atoms with van der Waals surface area (Å²) in [6.07, 6.45) is 0. The van der Waals surface area contributed by atoms with E-state index in [-0.39, 0.29) is 22.6 Å². The van der Waals surface area contributed by atoms with Gasteiger partial charge >= 0.3 is 11.3 Å². The highest BCUT2D eigenvalue weighted by Gasteiger charge is 2.15. The second-order valence-electron chi connectivity index (χ2n) is 6.89. The van der Waals surface area contributed by atoms with E-state index in [2.05, 4.69) is 9.97 Å². The summed E-state index contributed by atoms with van der Waals surface area (Å²) in [5, 5.41) is 1.35. The third kappa shape index (κ3) is 3.62. The number of rotatable bonds is 3.